The summed E-state index contributed by atoms with van der Waals surface area (Å²) in [6.07, 6.45) is 0. The van der Waals surface area contributed by atoms with Crippen LogP contribution in [0.15, 0.2) is 0 Å². The summed E-state index contributed by atoms with van der Waals surface area (Å²) in [5.74, 6) is 3.05. The first kappa shape index (κ1) is 13.5. The molecule has 0 heterocycles. The molecule has 0 rings (SSSR count). The van der Waals surface area contributed by atoms with Crippen molar-refractivity contribution < 1.29 is 0 Å². The molecule has 0 aromatic heterocycles. The monoisotopic (exact) mass is 203 g/mol. The summed E-state index contributed by atoms with van der Waals surface area (Å²) in [5.41, 5.74) is 0. The van der Waals surface area contributed by atoms with Crippen LogP contribution in [-0.2, 0) is 0 Å². The second-order valence-corrected chi connectivity index (χ2v) is 3.71. The van der Waals surface area contributed by atoms with Crippen LogP contribution in [0.1, 0.15) is 0 Å². The number of hydrogen-bond acceptors (Lipinski definition) is 2. The minimum absolute atomic E-state index is 0. The van der Waals surface area contributed by atoms with Crippen LogP contribution in [0.3, 0.4) is 0 Å². The Bertz CT molecular complexity index is 61.7. The molecule has 0 radical (unpaired) electrons. The van der Waals surface area contributed by atoms with Crippen molar-refractivity contribution in [2.45, 2.75) is 0 Å². The van der Waals surface area contributed by atoms with E-state index >= 15 is 0 Å². The highest BCUT2D eigenvalue weighted by Gasteiger charge is 1.89. The summed E-state index contributed by atoms with van der Waals surface area (Å²) in [6, 6.07) is 0. The number of thioether (sulfide) groups is 1. The van der Waals surface area contributed by atoms with Gasteiger partial charge in [0.05, 0.1) is 0 Å². The van der Waals surface area contributed by atoms with Gasteiger partial charge in [0, 0.05) is 23.9 Å². The zero-order chi connectivity index (χ0) is 7.11. The molecule has 0 aromatic rings. The van der Waals surface area contributed by atoms with Crippen LogP contribution in [0.5, 0.6) is 0 Å². The molecule has 0 fully saturated rings. The standard InChI is InChI=1S/C6H14ClNS.ClH/c1-8(2)4-6-9-5-3-7;/h3-6H2,1-2H3;1H. The van der Waals surface area contributed by atoms with Crippen LogP contribution in [0.25, 0.3) is 0 Å². The average molecular weight is 204 g/mol. The number of nitrogens with zero attached hydrogens (tertiary/aromatic N) is 1. The molecule has 0 spiro atoms. The first-order valence-electron chi connectivity index (χ1n) is 3.06. The van der Waals surface area contributed by atoms with Crippen molar-refractivity contribution in [3.8, 4) is 0 Å². The molecule has 0 bridgehead atoms. The lowest BCUT2D eigenvalue weighted by molar-refractivity contribution is 0.437. The molecule has 0 aliphatic carbocycles. The van der Waals surface area contributed by atoms with Gasteiger partial charge in [-0.2, -0.15) is 11.8 Å². The molecular weight excluding hydrogens is 189 g/mol. The molecule has 64 valence electrons. The van der Waals surface area contributed by atoms with Gasteiger partial charge in [0.2, 0.25) is 0 Å². The van der Waals surface area contributed by atoms with E-state index < -0.39 is 0 Å². The number of alkyl halides is 1. The SMILES string of the molecule is CN(C)CCSCCCl.Cl. The lowest BCUT2D eigenvalue weighted by atomic mass is 10.7. The fourth-order valence-corrected chi connectivity index (χ4v) is 1.54. The van der Waals surface area contributed by atoms with Gasteiger partial charge >= 0.3 is 0 Å². The minimum atomic E-state index is 0. The van der Waals surface area contributed by atoms with Gasteiger partial charge in [-0.3, -0.25) is 0 Å². The van der Waals surface area contributed by atoms with Crippen molar-refractivity contribution >= 4 is 35.8 Å². The summed E-state index contributed by atoms with van der Waals surface area (Å²) in [4.78, 5) is 2.18. The molecule has 0 saturated heterocycles. The number of rotatable bonds is 5. The van der Waals surface area contributed by atoms with Crippen molar-refractivity contribution in [2.24, 2.45) is 0 Å². The predicted octanol–water partition coefficient (Wildman–Crippen LogP) is 1.94. The summed E-state index contributed by atoms with van der Waals surface area (Å²) in [7, 11) is 4.17. The fraction of sp³-hybridized carbons (Fsp3) is 1.00. The largest absolute Gasteiger partial charge is 0.309 e. The van der Waals surface area contributed by atoms with Crippen LogP contribution in [0.2, 0.25) is 0 Å². The lowest BCUT2D eigenvalue weighted by Crippen LogP contribution is -2.15. The first-order valence-corrected chi connectivity index (χ1v) is 4.74. The lowest BCUT2D eigenvalue weighted by Gasteiger charge is -2.07. The highest BCUT2D eigenvalue weighted by molar-refractivity contribution is 7.99. The highest BCUT2D eigenvalue weighted by atomic mass is 35.5. The van der Waals surface area contributed by atoms with Crippen molar-refractivity contribution in [3.05, 3.63) is 0 Å². The number of halogens is 2. The Morgan fingerprint density at radius 2 is 1.90 bits per heavy atom. The number of hydrogen-bond donors (Lipinski definition) is 0. The van der Waals surface area contributed by atoms with Crippen LogP contribution < -0.4 is 0 Å². The van der Waals surface area contributed by atoms with E-state index in [0.717, 1.165) is 18.2 Å². The van der Waals surface area contributed by atoms with Gasteiger partial charge in [-0.25, -0.2) is 0 Å². The van der Waals surface area contributed by atoms with Gasteiger partial charge in [0.15, 0.2) is 0 Å². The van der Waals surface area contributed by atoms with Crippen molar-refractivity contribution in [2.75, 3.05) is 38.0 Å². The maximum Gasteiger partial charge on any atom is 0.0314 e. The van der Waals surface area contributed by atoms with Crippen LogP contribution in [-0.4, -0.2) is 42.9 Å². The van der Waals surface area contributed by atoms with E-state index in [1.54, 1.807) is 0 Å². The van der Waals surface area contributed by atoms with E-state index in [1.807, 2.05) is 11.8 Å². The summed E-state index contributed by atoms with van der Waals surface area (Å²) in [5, 5.41) is 0. The maximum atomic E-state index is 5.48. The Hall–Kier alpha value is 0.890. The minimum Gasteiger partial charge on any atom is -0.309 e. The molecule has 1 nitrogen and oxygen atoms in total. The van der Waals surface area contributed by atoms with E-state index in [-0.39, 0.29) is 12.4 Å². The van der Waals surface area contributed by atoms with E-state index in [0.29, 0.717) is 0 Å². The zero-order valence-corrected chi connectivity index (χ0v) is 8.86. The van der Waals surface area contributed by atoms with Crippen molar-refractivity contribution in [1.29, 1.82) is 0 Å². The average Bonchev–Trinajstić information content (AvgIpc) is 1.80. The summed E-state index contributed by atoms with van der Waals surface area (Å²) in [6.45, 7) is 1.15. The fourth-order valence-electron chi connectivity index (χ4n) is 0.404. The van der Waals surface area contributed by atoms with Gasteiger partial charge in [-0.05, 0) is 14.1 Å². The Morgan fingerprint density at radius 1 is 1.30 bits per heavy atom. The van der Waals surface area contributed by atoms with Crippen molar-refractivity contribution in [1.82, 2.24) is 4.90 Å². The van der Waals surface area contributed by atoms with Crippen LogP contribution >= 0.6 is 35.8 Å². The molecule has 0 amide bonds. The third kappa shape index (κ3) is 11.7. The Labute approximate surface area is 78.9 Å². The zero-order valence-electron chi connectivity index (χ0n) is 6.47. The third-order valence-electron chi connectivity index (χ3n) is 0.904. The molecule has 0 aliphatic heterocycles. The highest BCUT2D eigenvalue weighted by Crippen LogP contribution is 1.99. The molecule has 4 heteroatoms. The quantitative estimate of drug-likeness (QED) is 0.497. The molecule has 0 atom stereocenters. The smallest absolute Gasteiger partial charge is 0.0314 e. The predicted molar refractivity (Wildman–Crippen MR) is 53.8 cm³/mol. The van der Waals surface area contributed by atoms with Gasteiger partial charge < -0.3 is 4.90 Å². The Morgan fingerprint density at radius 3 is 2.30 bits per heavy atom. The van der Waals surface area contributed by atoms with Gasteiger partial charge in [-0.1, -0.05) is 0 Å². The van der Waals surface area contributed by atoms with E-state index in [2.05, 4.69) is 19.0 Å². The normalized spacial score (nSPS) is 9.60. The van der Waals surface area contributed by atoms with E-state index in [1.165, 1.54) is 5.75 Å². The van der Waals surface area contributed by atoms with Gasteiger partial charge in [-0.15, -0.1) is 24.0 Å². The van der Waals surface area contributed by atoms with Gasteiger partial charge in [0.1, 0.15) is 0 Å². The van der Waals surface area contributed by atoms with E-state index in [4.69, 9.17) is 11.6 Å². The molecule has 0 aromatic carbocycles. The third-order valence-corrected chi connectivity index (χ3v) is 2.28. The molecule has 0 N–H and O–H groups in total. The topological polar surface area (TPSA) is 3.24 Å². The molecular formula is C6H15Cl2NS. The Kier molecular flexibility index (Phi) is 13.3. The first-order chi connectivity index (χ1) is 4.27. The van der Waals surface area contributed by atoms with Gasteiger partial charge in [0.25, 0.3) is 0 Å². The second-order valence-electron chi connectivity index (χ2n) is 2.10. The molecule has 10 heavy (non-hydrogen) atoms. The van der Waals surface area contributed by atoms with Crippen molar-refractivity contribution in [3.63, 3.8) is 0 Å². The van der Waals surface area contributed by atoms with E-state index in [9.17, 15) is 0 Å². The molecule has 0 saturated carbocycles. The van der Waals surface area contributed by atoms with Crippen LogP contribution in [0.4, 0.5) is 0 Å². The second kappa shape index (κ2) is 9.89. The van der Waals surface area contributed by atoms with Crippen LogP contribution in [0, 0.1) is 0 Å². The Balaban J connectivity index is 0. The summed E-state index contributed by atoms with van der Waals surface area (Å²) < 4.78 is 0. The summed E-state index contributed by atoms with van der Waals surface area (Å²) >= 11 is 7.39. The molecule has 0 aliphatic rings. The maximum absolute atomic E-state index is 5.48. The molecule has 0 unspecified atom stereocenters.